The Morgan fingerprint density at radius 3 is 2.67 bits per heavy atom. The van der Waals surface area contributed by atoms with Gasteiger partial charge in [0.15, 0.2) is 6.23 Å². The monoisotopic (exact) mass is 245 g/mol. The Morgan fingerprint density at radius 1 is 1.28 bits per heavy atom. The number of hydrogen-bond donors (Lipinski definition) is 0. The highest BCUT2D eigenvalue weighted by Crippen LogP contribution is 2.41. The Bertz CT molecular complexity index is 443. The first-order valence-electron chi connectivity index (χ1n) is 6.67. The minimum absolute atomic E-state index is 0.171. The SMILES string of the molecule is CC(C)C1CC2COC(c3ccccc3)N2C1=O. The molecule has 0 aliphatic carbocycles. The molecular weight excluding hydrogens is 226 g/mol. The molecule has 3 unspecified atom stereocenters. The van der Waals surface area contributed by atoms with Gasteiger partial charge in [-0.2, -0.15) is 0 Å². The highest BCUT2D eigenvalue weighted by Gasteiger charge is 2.48. The standard InChI is InChI=1S/C15H19NO2/c1-10(2)13-8-12-9-18-15(16(12)14(13)17)11-6-4-3-5-7-11/h3-7,10,12-13,15H,8-9H2,1-2H3. The Balaban J connectivity index is 1.86. The quantitative estimate of drug-likeness (QED) is 0.801. The summed E-state index contributed by atoms with van der Waals surface area (Å²) in [7, 11) is 0. The van der Waals surface area contributed by atoms with Crippen molar-refractivity contribution in [1.82, 2.24) is 4.90 Å². The molecule has 0 spiro atoms. The van der Waals surface area contributed by atoms with E-state index in [0.717, 1.165) is 12.0 Å². The number of nitrogens with zero attached hydrogens (tertiary/aromatic N) is 1. The normalized spacial score (nSPS) is 31.2. The molecule has 1 aromatic carbocycles. The number of amides is 1. The van der Waals surface area contributed by atoms with Crippen LogP contribution in [0.1, 0.15) is 32.1 Å². The Hall–Kier alpha value is -1.35. The topological polar surface area (TPSA) is 29.5 Å². The molecule has 3 heteroatoms. The molecule has 2 heterocycles. The second-order valence-electron chi connectivity index (χ2n) is 5.58. The summed E-state index contributed by atoms with van der Waals surface area (Å²) in [6.07, 6.45) is 0.771. The van der Waals surface area contributed by atoms with Crippen molar-refractivity contribution in [3.8, 4) is 0 Å². The average molecular weight is 245 g/mol. The molecule has 0 radical (unpaired) electrons. The molecule has 3 nitrogen and oxygen atoms in total. The third-order valence-corrected chi connectivity index (χ3v) is 4.08. The van der Waals surface area contributed by atoms with Crippen LogP contribution in [0.2, 0.25) is 0 Å². The van der Waals surface area contributed by atoms with Crippen molar-refractivity contribution in [2.24, 2.45) is 11.8 Å². The first kappa shape index (κ1) is 11.7. The lowest BCUT2D eigenvalue weighted by molar-refractivity contribution is -0.138. The maximum atomic E-state index is 12.5. The van der Waals surface area contributed by atoms with Crippen LogP contribution in [-0.2, 0) is 9.53 Å². The minimum Gasteiger partial charge on any atom is -0.352 e. The molecule has 0 bridgehead atoms. The first-order chi connectivity index (χ1) is 8.68. The van der Waals surface area contributed by atoms with Crippen molar-refractivity contribution in [3.05, 3.63) is 35.9 Å². The van der Waals surface area contributed by atoms with Gasteiger partial charge in [0.05, 0.1) is 12.6 Å². The molecule has 1 amide bonds. The Morgan fingerprint density at radius 2 is 2.00 bits per heavy atom. The van der Waals surface area contributed by atoms with Crippen molar-refractivity contribution < 1.29 is 9.53 Å². The lowest BCUT2D eigenvalue weighted by atomic mass is 9.93. The predicted molar refractivity (Wildman–Crippen MR) is 68.7 cm³/mol. The zero-order chi connectivity index (χ0) is 12.7. The van der Waals surface area contributed by atoms with Crippen LogP contribution < -0.4 is 0 Å². The van der Waals surface area contributed by atoms with Gasteiger partial charge in [0.2, 0.25) is 5.91 Å². The van der Waals surface area contributed by atoms with E-state index in [-0.39, 0.29) is 24.1 Å². The molecule has 3 rings (SSSR count). The summed E-state index contributed by atoms with van der Waals surface area (Å²) in [5, 5.41) is 0. The van der Waals surface area contributed by atoms with Crippen LogP contribution in [-0.4, -0.2) is 23.5 Å². The predicted octanol–water partition coefficient (Wildman–Crippen LogP) is 2.59. The summed E-state index contributed by atoms with van der Waals surface area (Å²) >= 11 is 0. The maximum absolute atomic E-state index is 12.5. The first-order valence-corrected chi connectivity index (χ1v) is 6.67. The van der Waals surface area contributed by atoms with Gasteiger partial charge in [-0.05, 0) is 12.3 Å². The van der Waals surface area contributed by atoms with Gasteiger partial charge in [0.25, 0.3) is 0 Å². The summed E-state index contributed by atoms with van der Waals surface area (Å²) in [6.45, 7) is 4.93. The fourth-order valence-corrected chi connectivity index (χ4v) is 3.05. The molecule has 0 aromatic heterocycles. The fourth-order valence-electron chi connectivity index (χ4n) is 3.05. The molecule has 2 fully saturated rings. The van der Waals surface area contributed by atoms with Crippen molar-refractivity contribution in [2.75, 3.05) is 6.61 Å². The van der Waals surface area contributed by atoms with Crippen LogP contribution in [0.4, 0.5) is 0 Å². The lowest BCUT2D eigenvalue weighted by Gasteiger charge is -2.23. The third kappa shape index (κ3) is 1.74. The van der Waals surface area contributed by atoms with Gasteiger partial charge in [0.1, 0.15) is 0 Å². The molecule has 0 saturated carbocycles. The molecule has 2 aliphatic heterocycles. The summed E-state index contributed by atoms with van der Waals surface area (Å²) in [4.78, 5) is 14.4. The zero-order valence-electron chi connectivity index (χ0n) is 10.9. The van der Waals surface area contributed by atoms with Crippen LogP contribution in [0, 0.1) is 11.8 Å². The summed E-state index contributed by atoms with van der Waals surface area (Å²) < 4.78 is 5.81. The number of benzene rings is 1. The van der Waals surface area contributed by atoms with Crippen LogP contribution >= 0.6 is 0 Å². The van der Waals surface area contributed by atoms with Gasteiger partial charge >= 0.3 is 0 Å². The molecule has 1 aromatic rings. The van der Waals surface area contributed by atoms with E-state index in [2.05, 4.69) is 13.8 Å². The fraction of sp³-hybridized carbons (Fsp3) is 0.533. The molecule has 96 valence electrons. The molecule has 2 aliphatic rings. The molecule has 3 atom stereocenters. The van der Waals surface area contributed by atoms with E-state index in [0.29, 0.717) is 12.5 Å². The minimum atomic E-state index is -0.174. The second kappa shape index (κ2) is 4.39. The smallest absolute Gasteiger partial charge is 0.228 e. The van der Waals surface area contributed by atoms with Gasteiger partial charge in [-0.3, -0.25) is 4.79 Å². The zero-order valence-corrected chi connectivity index (χ0v) is 10.9. The highest BCUT2D eigenvalue weighted by atomic mass is 16.5. The number of carbonyl (C=O) groups excluding carboxylic acids is 1. The van der Waals surface area contributed by atoms with Crippen LogP contribution in [0.3, 0.4) is 0 Å². The Labute approximate surface area is 108 Å². The van der Waals surface area contributed by atoms with E-state index >= 15 is 0 Å². The number of hydrogen-bond acceptors (Lipinski definition) is 2. The number of carbonyl (C=O) groups is 1. The van der Waals surface area contributed by atoms with Crippen molar-refractivity contribution in [3.63, 3.8) is 0 Å². The van der Waals surface area contributed by atoms with Crippen molar-refractivity contribution in [1.29, 1.82) is 0 Å². The maximum Gasteiger partial charge on any atom is 0.228 e. The van der Waals surface area contributed by atoms with Crippen LogP contribution in [0.15, 0.2) is 30.3 Å². The number of fused-ring (bicyclic) bond motifs is 1. The summed E-state index contributed by atoms with van der Waals surface area (Å²) in [6, 6.07) is 10.3. The van der Waals surface area contributed by atoms with Crippen molar-refractivity contribution in [2.45, 2.75) is 32.5 Å². The van der Waals surface area contributed by atoms with E-state index in [1.807, 2.05) is 35.2 Å². The summed E-state index contributed by atoms with van der Waals surface area (Å²) in [5.41, 5.74) is 1.08. The molecule has 2 saturated heterocycles. The molecule has 18 heavy (non-hydrogen) atoms. The number of rotatable bonds is 2. The van der Waals surface area contributed by atoms with Gasteiger partial charge in [-0.15, -0.1) is 0 Å². The summed E-state index contributed by atoms with van der Waals surface area (Å²) in [5.74, 6) is 0.853. The highest BCUT2D eigenvalue weighted by molar-refractivity contribution is 5.82. The van der Waals surface area contributed by atoms with E-state index in [9.17, 15) is 4.79 Å². The van der Waals surface area contributed by atoms with Crippen molar-refractivity contribution >= 4 is 5.91 Å². The van der Waals surface area contributed by atoms with E-state index < -0.39 is 0 Å². The van der Waals surface area contributed by atoms with Gasteiger partial charge in [-0.25, -0.2) is 0 Å². The van der Waals surface area contributed by atoms with E-state index in [4.69, 9.17) is 4.74 Å². The van der Waals surface area contributed by atoms with Gasteiger partial charge in [0, 0.05) is 11.5 Å². The molecule has 0 N–H and O–H groups in total. The lowest BCUT2D eigenvalue weighted by Crippen LogP contribution is -2.32. The van der Waals surface area contributed by atoms with Gasteiger partial charge < -0.3 is 9.64 Å². The average Bonchev–Trinajstić information content (AvgIpc) is 2.91. The van der Waals surface area contributed by atoms with Crippen LogP contribution in [0.5, 0.6) is 0 Å². The molecular formula is C15H19NO2. The van der Waals surface area contributed by atoms with Crippen LogP contribution in [0.25, 0.3) is 0 Å². The number of ether oxygens (including phenoxy) is 1. The second-order valence-corrected chi connectivity index (χ2v) is 5.58. The third-order valence-electron chi connectivity index (χ3n) is 4.08. The Kier molecular flexibility index (Phi) is 2.86. The van der Waals surface area contributed by atoms with E-state index in [1.165, 1.54) is 0 Å². The largest absolute Gasteiger partial charge is 0.352 e. The van der Waals surface area contributed by atoms with Gasteiger partial charge in [-0.1, -0.05) is 44.2 Å². The van der Waals surface area contributed by atoms with E-state index in [1.54, 1.807) is 0 Å².